The van der Waals surface area contributed by atoms with Crippen LogP contribution >= 0.6 is 28.0 Å². The molecule has 3 heterocycles. The topological polar surface area (TPSA) is 133 Å². The third kappa shape index (κ3) is 5.06. The van der Waals surface area contributed by atoms with Crippen molar-refractivity contribution in [2.45, 2.75) is 6.92 Å². The first-order valence-electron chi connectivity index (χ1n) is 11.2. The molecular weight excluding hydrogens is 572 g/mol. The number of carbonyl (C=O) groups excluding carboxylic acids is 1. The lowest BCUT2D eigenvalue weighted by Crippen LogP contribution is -2.11. The second kappa shape index (κ2) is 10.6. The molecular formula is C27H19BrN4O5S. The van der Waals surface area contributed by atoms with Gasteiger partial charge >= 0.3 is 5.63 Å². The van der Waals surface area contributed by atoms with E-state index in [0.29, 0.717) is 11.1 Å². The molecule has 0 bridgehead atoms. The molecule has 6 rings (SSSR count). The van der Waals surface area contributed by atoms with Crippen LogP contribution in [-0.4, -0.2) is 25.9 Å². The number of hydrogen-bond donors (Lipinski definition) is 2. The minimum atomic E-state index is -0.820. The molecule has 2 aromatic heterocycles. The summed E-state index contributed by atoms with van der Waals surface area (Å²) in [5.74, 6) is -0.00271. The molecule has 9 nitrogen and oxygen atoms in total. The Hall–Kier alpha value is -4.35. The number of para-hydroxylation sites is 1. The van der Waals surface area contributed by atoms with Gasteiger partial charge in [0.25, 0.3) is 0 Å². The number of rotatable bonds is 3. The molecule has 1 aliphatic rings. The highest BCUT2D eigenvalue weighted by Gasteiger charge is 2.17. The number of halogens is 1. The van der Waals surface area contributed by atoms with Gasteiger partial charge in [-0.1, -0.05) is 39.3 Å². The summed E-state index contributed by atoms with van der Waals surface area (Å²) < 4.78 is 12.9. The van der Waals surface area contributed by atoms with Crippen LogP contribution in [0.25, 0.3) is 34.0 Å². The van der Waals surface area contributed by atoms with Gasteiger partial charge < -0.3 is 19.4 Å². The van der Waals surface area contributed by atoms with Crippen molar-refractivity contribution in [3.63, 3.8) is 0 Å². The minimum Gasteiger partial charge on any atom is -0.506 e. The highest BCUT2D eigenvalue weighted by Crippen LogP contribution is 2.32. The summed E-state index contributed by atoms with van der Waals surface area (Å²) in [5.41, 5.74) is 9.36. The first-order chi connectivity index (χ1) is 18.3. The molecule has 1 aliphatic heterocycles. The van der Waals surface area contributed by atoms with Gasteiger partial charge in [0.15, 0.2) is 5.78 Å². The van der Waals surface area contributed by atoms with Crippen molar-refractivity contribution in [3.8, 4) is 28.4 Å². The molecule has 0 fully saturated rings. The number of hydrogen-bond acceptors (Lipinski definition) is 9. The second-order valence-electron chi connectivity index (χ2n) is 8.15. The molecule has 0 spiro atoms. The number of fused-ring (bicyclic) bond motifs is 2. The molecule has 0 aliphatic carbocycles. The van der Waals surface area contributed by atoms with E-state index in [1.165, 1.54) is 19.0 Å². The molecule has 0 saturated heterocycles. The normalized spacial score (nSPS) is 11.8. The Kier molecular flexibility index (Phi) is 7.03. The zero-order chi connectivity index (χ0) is 26.8. The molecule has 5 aromatic rings. The third-order valence-electron chi connectivity index (χ3n) is 5.62. The van der Waals surface area contributed by atoms with E-state index in [4.69, 9.17) is 14.3 Å². The summed E-state index contributed by atoms with van der Waals surface area (Å²) in [6, 6.07) is 18.3. The number of nitrogen functional groups attached to an aromatic ring is 1. The van der Waals surface area contributed by atoms with Gasteiger partial charge in [0.05, 0.1) is 29.3 Å². The van der Waals surface area contributed by atoms with Crippen molar-refractivity contribution in [2.75, 3.05) is 5.73 Å². The Balaban J connectivity index is 0.000000163. The average molecular weight is 591 g/mol. The van der Waals surface area contributed by atoms with Crippen LogP contribution in [0, 0.1) is 0 Å². The SMILES string of the molecule is CC(=O)c1c(O)c2cc(Br)ccc2oc1=O.Nc1ccccc1-c1cn(-c2ccc3c(c2)C=CSO3)nn1. The van der Waals surface area contributed by atoms with E-state index in [-0.39, 0.29) is 16.9 Å². The zero-order valence-corrected chi connectivity index (χ0v) is 22.2. The third-order valence-corrected chi connectivity index (χ3v) is 6.64. The maximum atomic E-state index is 11.4. The summed E-state index contributed by atoms with van der Waals surface area (Å²) in [5, 5.41) is 20.5. The van der Waals surface area contributed by atoms with E-state index in [1.807, 2.05) is 60.1 Å². The smallest absolute Gasteiger partial charge is 0.351 e. The number of anilines is 1. The number of nitrogens with two attached hydrogens (primary N) is 1. The van der Waals surface area contributed by atoms with Crippen LogP contribution in [0.4, 0.5) is 5.69 Å². The Bertz CT molecular complexity index is 1780. The Labute approximate surface area is 228 Å². The first-order valence-corrected chi connectivity index (χ1v) is 12.8. The predicted octanol–water partition coefficient (Wildman–Crippen LogP) is 5.99. The maximum Gasteiger partial charge on any atom is 0.351 e. The highest BCUT2D eigenvalue weighted by molar-refractivity contribution is 9.10. The summed E-state index contributed by atoms with van der Waals surface area (Å²) in [6.45, 7) is 1.20. The summed E-state index contributed by atoms with van der Waals surface area (Å²) in [4.78, 5) is 22.6. The van der Waals surface area contributed by atoms with Crippen LogP contribution in [0.3, 0.4) is 0 Å². The summed E-state index contributed by atoms with van der Waals surface area (Å²) in [6.07, 6.45) is 3.88. The molecule has 11 heteroatoms. The Morgan fingerprint density at radius 3 is 2.74 bits per heavy atom. The lowest BCUT2D eigenvalue weighted by molar-refractivity contribution is 0.101. The van der Waals surface area contributed by atoms with Crippen molar-refractivity contribution in [1.29, 1.82) is 0 Å². The van der Waals surface area contributed by atoms with Crippen molar-refractivity contribution < 1.29 is 18.5 Å². The maximum absolute atomic E-state index is 11.4. The number of aromatic hydroxyl groups is 1. The van der Waals surface area contributed by atoms with Crippen molar-refractivity contribution in [1.82, 2.24) is 15.0 Å². The first kappa shape index (κ1) is 25.3. The second-order valence-corrected chi connectivity index (χ2v) is 9.70. The molecule has 0 saturated carbocycles. The quantitative estimate of drug-likeness (QED) is 0.112. The Morgan fingerprint density at radius 1 is 1.13 bits per heavy atom. The van der Waals surface area contributed by atoms with Gasteiger partial charge in [-0.3, -0.25) is 4.79 Å². The van der Waals surface area contributed by atoms with Crippen molar-refractivity contribution in [3.05, 3.63) is 98.3 Å². The summed E-state index contributed by atoms with van der Waals surface area (Å²) >= 11 is 4.54. The van der Waals surface area contributed by atoms with E-state index in [9.17, 15) is 14.7 Å². The number of benzene rings is 3. The average Bonchev–Trinajstić information content (AvgIpc) is 3.39. The monoisotopic (exact) mass is 590 g/mol. The van der Waals surface area contributed by atoms with E-state index in [0.717, 1.165) is 32.7 Å². The molecule has 0 amide bonds. The van der Waals surface area contributed by atoms with Gasteiger partial charge in [-0.05, 0) is 55.5 Å². The lowest BCUT2D eigenvalue weighted by Gasteiger charge is -2.11. The van der Waals surface area contributed by atoms with E-state index < -0.39 is 11.4 Å². The number of Topliss-reactive ketones (excluding diaryl/α,β-unsaturated/α-hetero) is 1. The van der Waals surface area contributed by atoms with Crippen molar-refractivity contribution >= 4 is 56.5 Å². The van der Waals surface area contributed by atoms with Gasteiger partial charge in [-0.25, -0.2) is 9.48 Å². The van der Waals surface area contributed by atoms with Crippen LogP contribution in [-0.2, 0) is 0 Å². The van der Waals surface area contributed by atoms with Gasteiger partial charge in [-0.2, -0.15) is 0 Å². The van der Waals surface area contributed by atoms with Gasteiger partial charge in [-0.15, -0.1) is 5.10 Å². The molecule has 190 valence electrons. The zero-order valence-electron chi connectivity index (χ0n) is 19.8. The number of nitrogens with zero attached hydrogens (tertiary/aromatic N) is 3. The van der Waals surface area contributed by atoms with E-state index >= 15 is 0 Å². The molecule has 0 radical (unpaired) electrons. The summed E-state index contributed by atoms with van der Waals surface area (Å²) in [7, 11) is 0. The molecule has 3 N–H and O–H groups in total. The molecule has 0 unspecified atom stereocenters. The number of aromatic nitrogens is 3. The molecule has 3 aromatic carbocycles. The fourth-order valence-corrected chi connectivity index (χ4v) is 4.65. The van der Waals surface area contributed by atoms with Crippen molar-refractivity contribution in [2.24, 2.45) is 0 Å². The highest BCUT2D eigenvalue weighted by atomic mass is 79.9. The van der Waals surface area contributed by atoms with E-state index in [2.05, 4.69) is 26.2 Å². The van der Waals surface area contributed by atoms with Crippen LogP contribution in [0.5, 0.6) is 11.5 Å². The van der Waals surface area contributed by atoms with E-state index in [1.54, 1.807) is 22.9 Å². The number of carbonyl (C=O) groups is 1. The number of ketones is 1. The largest absolute Gasteiger partial charge is 0.506 e. The fraction of sp³-hybridized carbons (Fsp3) is 0.0370. The van der Waals surface area contributed by atoms with Crippen LogP contribution in [0.2, 0.25) is 0 Å². The van der Waals surface area contributed by atoms with Gasteiger partial charge in [0.1, 0.15) is 28.3 Å². The van der Waals surface area contributed by atoms with Crippen LogP contribution in [0.1, 0.15) is 22.8 Å². The Morgan fingerprint density at radius 2 is 1.95 bits per heavy atom. The van der Waals surface area contributed by atoms with Crippen LogP contribution < -0.4 is 15.5 Å². The van der Waals surface area contributed by atoms with Crippen LogP contribution in [0.15, 0.2) is 86.0 Å². The fourth-order valence-electron chi connectivity index (χ4n) is 3.78. The van der Waals surface area contributed by atoms with Gasteiger partial charge in [0.2, 0.25) is 0 Å². The minimum absolute atomic E-state index is 0.246. The molecule has 0 atom stereocenters. The molecule has 38 heavy (non-hydrogen) atoms. The standard InChI is InChI=1S/C16H12N4OS.C11H7BrO4/c17-14-4-2-1-3-13(14)15-10-20(19-18-15)12-5-6-16-11(9-12)7-8-22-21-16;1-5(13)9-10(14)7-4-6(12)2-3-8(7)16-11(9)15/h1-10H,17H2;2-4,14H,1H3. The predicted molar refractivity (Wildman–Crippen MR) is 150 cm³/mol. The van der Waals surface area contributed by atoms with Gasteiger partial charge in [0, 0.05) is 26.7 Å². The lowest BCUT2D eigenvalue weighted by atomic mass is 10.1.